The van der Waals surface area contributed by atoms with E-state index < -0.39 is 0 Å². The maximum absolute atomic E-state index is 5.80. The lowest BCUT2D eigenvalue weighted by Gasteiger charge is -2.22. The van der Waals surface area contributed by atoms with Gasteiger partial charge in [0.15, 0.2) is 0 Å². The molecule has 0 spiro atoms. The van der Waals surface area contributed by atoms with Crippen molar-refractivity contribution in [3.8, 4) is 5.75 Å². The summed E-state index contributed by atoms with van der Waals surface area (Å²) in [6, 6.07) is 4.18. The van der Waals surface area contributed by atoms with Gasteiger partial charge in [0.25, 0.3) is 0 Å². The average Bonchev–Trinajstić information content (AvgIpc) is 2.36. The molecule has 1 aliphatic rings. The second-order valence-corrected chi connectivity index (χ2v) is 4.64. The third-order valence-corrected chi connectivity index (χ3v) is 3.82. The van der Waals surface area contributed by atoms with Gasteiger partial charge in [-0.2, -0.15) is 0 Å². The van der Waals surface area contributed by atoms with Crippen LogP contribution >= 0.6 is 11.8 Å². The summed E-state index contributed by atoms with van der Waals surface area (Å²) in [7, 11) is 1.72. The highest BCUT2D eigenvalue weighted by atomic mass is 32.2. The van der Waals surface area contributed by atoms with Crippen molar-refractivity contribution in [2.75, 3.05) is 19.9 Å². The van der Waals surface area contributed by atoms with Gasteiger partial charge in [-0.15, -0.1) is 11.8 Å². The number of ether oxygens (including phenoxy) is 1. The van der Waals surface area contributed by atoms with Gasteiger partial charge in [-0.05, 0) is 42.4 Å². The first-order chi connectivity index (χ1) is 7.81. The van der Waals surface area contributed by atoms with Crippen LogP contribution in [0.3, 0.4) is 0 Å². The predicted molar refractivity (Wildman–Crippen MR) is 70.1 cm³/mol. The molecule has 0 saturated heterocycles. The molecule has 1 aromatic carbocycles. The summed E-state index contributed by atoms with van der Waals surface area (Å²) in [6.07, 6.45) is 6.52. The highest BCUT2D eigenvalue weighted by Crippen LogP contribution is 2.38. The normalized spacial score (nSPS) is 14.3. The Morgan fingerprint density at radius 2 is 2.25 bits per heavy atom. The summed E-state index contributed by atoms with van der Waals surface area (Å²) in [5, 5.41) is 0. The molecule has 0 bridgehead atoms. The van der Waals surface area contributed by atoms with Crippen LogP contribution in [-0.4, -0.2) is 19.9 Å². The molecule has 3 heteroatoms. The molecule has 16 heavy (non-hydrogen) atoms. The number of benzene rings is 1. The number of hydrogen-bond acceptors (Lipinski definition) is 3. The number of fused-ring (bicyclic) bond motifs is 1. The van der Waals surface area contributed by atoms with E-state index in [1.807, 2.05) is 6.07 Å². The predicted octanol–water partition coefficient (Wildman–Crippen LogP) is 2.71. The third-order valence-electron chi connectivity index (χ3n) is 3.00. The fourth-order valence-corrected chi connectivity index (χ4v) is 2.90. The van der Waals surface area contributed by atoms with Gasteiger partial charge in [0.2, 0.25) is 0 Å². The molecule has 0 fully saturated rings. The monoisotopic (exact) mass is 235 g/mol. The Hall–Kier alpha value is -0.930. The van der Waals surface area contributed by atoms with E-state index in [0.29, 0.717) is 6.54 Å². The molecular weight excluding hydrogens is 218 g/mol. The van der Waals surface area contributed by atoms with E-state index >= 15 is 0 Å². The molecular formula is C13H17NOS. The van der Waals surface area contributed by atoms with Gasteiger partial charge in [0, 0.05) is 17.0 Å². The van der Waals surface area contributed by atoms with Crippen molar-refractivity contribution in [3.05, 3.63) is 29.3 Å². The zero-order valence-corrected chi connectivity index (χ0v) is 10.6. The lowest BCUT2D eigenvalue weighted by Crippen LogP contribution is -2.10. The number of methoxy groups -OCH3 is 1. The number of allylic oxidation sites excluding steroid dienone is 1. The van der Waals surface area contributed by atoms with E-state index in [1.54, 1.807) is 18.9 Å². The minimum atomic E-state index is 0.585. The van der Waals surface area contributed by atoms with Crippen molar-refractivity contribution < 1.29 is 4.74 Å². The second kappa shape index (κ2) is 4.93. The Bertz CT molecular complexity index is 426. The van der Waals surface area contributed by atoms with E-state index in [4.69, 9.17) is 10.5 Å². The van der Waals surface area contributed by atoms with E-state index in [0.717, 1.165) is 18.6 Å². The molecule has 0 heterocycles. The van der Waals surface area contributed by atoms with Crippen molar-refractivity contribution >= 4 is 17.3 Å². The number of nitrogens with two attached hydrogens (primary N) is 1. The summed E-state index contributed by atoms with van der Waals surface area (Å²) in [5.74, 6) is 0.948. The molecule has 0 atom stereocenters. The minimum Gasteiger partial charge on any atom is -0.496 e. The van der Waals surface area contributed by atoms with Crippen LogP contribution in [0.5, 0.6) is 5.75 Å². The molecule has 0 aliphatic heterocycles. The Labute approximate surface area is 101 Å². The fourth-order valence-electron chi connectivity index (χ4n) is 2.25. The van der Waals surface area contributed by atoms with Crippen molar-refractivity contribution in [3.63, 3.8) is 0 Å². The topological polar surface area (TPSA) is 35.2 Å². The number of rotatable bonds is 3. The Kier molecular flexibility index (Phi) is 3.56. The van der Waals surface area contributed by atoms with Crippen LogP contribution in [0.25, 0.3) is 5.57 Å². The van der Waals surface area contributed by atoms with Gasteiger partial charge < -0.3 is 10.5 Å². The van der Waals surface area contributed by atoms with Crippen LogP contribution in [0.1, 0.15) is 17.5 Å². The first-order valence-corrected chi connectivity index (χ1v) is 6.67. The Morgan fingerprint density at radius 3 is 2.88 bits per heavy atom. The van der Waals surface area contributed by atoms with Crippen LogP contribution in [-0.2, 0) is 6.42 Å². The first kappa shape index (κ1) is 11.6. The van der Waals surface area contributed by atoms with Gasteiger partial charge in [-0.25, -0.2) is 0 Å². The molecule has 86 valence electrons. The van der Waals surface area contributed by atoms with Crippen molar-refractivity contribution in [1.29, 1.82) is 0 Å². The molecule has 0 saturated carbocycles. The van der Waals surface area contributed by atoms with Gasteiger partial charge in [0.1, 0.15) is 5.75 Å². The van der Waals surface area contributed by atoms with E-state index in [2.05, 4.69) is 18.4 Å². The number of thioether (sulfide) groups is 1. The molecule has 2 nitrogen and oxygen atoms in total. The Morgan fingerprint density at radius 1 is 1.44 bits per heavy atom. The van der Waals surface area contributed by atoms with Gasteiger partial charge in [-0.3, -0.25) is 0 Å². The molecule has 0 aromatic heterocycles. The van der Waals surface area contributed by atoms with Crippen molar-refractivity contribution in [2.24, 2.45) is 5.73 Å². The minimum absolute atomic E-state index is 0.585. The zero-order chi connectivity index (χ0) is 11.5. The van der Waals surface area contributed by atoms with E-state index in [9.17, 15) is 0 Å². The van der Waals surface area contributed by atoms with E-state index in [1.165, 1.54) is 21.6 Å². The third kappa shape index (κ3) is 1.85. The summed E-state index contributed by atoms with van der Waals surface area (Å²) in [4.78, 5) is 1.34. The van der Waals surface area contributed by atoms with E-state index in [-0.39, 0.29) is 0 Å². The maximum atomic E-state index is 5.80. The molecule has 0 amide bonds. The average molecular weight is 235 g/mol. The van der Waals surface area contributed by atoms with Gasteiger partial charge >= 0.3 is 0 Å². The van der Waals surface area contributed by atoms with Gasteiger partial charge in [-0.1, -0.05) is 6.08 Å². The van der Waals surface area contributed by atoms with Crippen LogP contribution in [0.15, 0.2) is 23.1 Å². The molecule has 2 N–H and O–H groups in total. The SMILES string of the molecule is COc1ccc(SC)c2c1C(CN)=CCC2. The standard InChI is InChI=1S/C13H17NOS/c1-15-11-6-7-12(16-2)10-5-3-4-9(8-14)13(10)11/h4,6-7H,3,5,8,14H2,1-2H3. The summed E-state index contributed by atoms with van der Waals surface area (Å²) >= 11 is 1.79. The highest BCUT2D eigenvalue weighted by Gasteiger charge is 2.19. The van der Waals surface area contributed by atoms with Crippen LogP contribution < -0.4 is 10.5 Å². The summed E-state index contributed by atoms with van der Waals surface area (Å²) in [6.45, 7) is 0.585. The fraction of sp³-hybridized carbons (Fsp3) is 0.385. The first-order valence-electron chi connectivity index (χ1n) is 5.45. The van der Waals surface area contributed by atoms with Crippen LogP contribution in [0.2, 0.25) is 0 Å². The van der Waals surface area contributed by atoms with Crippen molar-refractivity contribution in [2.45, 2.75) is 17.7 Å². The highest BCUT2D eigenvalue weighted by molar-refractivity contribution is 7.98. The van der Waals surface area contributed by atoms with Crippen molar-refractivity contribution in [1.82, 2.24) is 0 Å². The maximum Gasteiger partial charge on any atom is 0.126 e. The van der Waals surface area contributed by atoms with Crippen LogP contribution in [0, 0.1) is 0 Å². The number of hydrogen-bond donors (Lipinski definition) is 1. The molecule has 0 unspecified atom stereocenters. The Balaban J connectivity index is 2.62. The molecule has 0 radical (unpaired) electrons. The van der Waals surface area contributed by atoms with Gasteiger partial charge in [0.05, 0.1) is 7.11 Å². The lowest BCUT2D eigenvalue weighted by molar-refractivity contribution is 0.412. The summed E-state index contributed by atoms with van der Waals surface area (Å²) in [5.41, 5.74) is 9.64. The largest absolute Gasteiger partial charge is 0.496 e. The quantitative estimate of drug-likeness (QED) is 0.818. The molecule has 2 rings (SSSR count). The molecule has 1 aromatic rings. The second-order valence-electron chi connectivity index (χ2n) is 3.80. The zero-order valence-electron chi connectivity index (χ0n) is 9.75. The van der Waals surface area contributed by atoms with Crippen LogP contribution in [0.4, 0.5) is 0 Å². The molecule has 1 aliphatic carbocycles. The smallest absolute Gasteiger partial charge is 0.126 e. The lowest BCUT2D eigenvalue weighted by atomic mass is 9.90. The summed E-state index contributed by atoms with van der Waals surface area (Å²) < 4.78 is 5.44.